The van der Waals surface area contributed by atoms with Gasteiger partial charge in [-0.15, -0.1) is 0 Å². The number of benzene rings is 2. The van der Waals surface area contributed by atoms with Crippen molar-refractivity contribution in [3.8, 4) is 0 Å². The molecule has 0 aliphatic carbocycles. The van der Waals surface area contributed by atoms with E-state index in [1.807, 2.05) is 41.3 Å². The number of hydrogen-bond acceptors (Lipinski definition) is 4. The maximum Gasteiger partial charge on any atom is 0.410 e. The Kier molecular flexibility index (Phi) is 7.62. The molecule has 1 fully saturated rings. The summed E-state index contributed by atoms with van der Waals surface area (Å²) in [6.07, 6.45) is -0.328. The van der Waals surface area contributed by atoms with Crippen molar-refractivity contribution in [1.29, 1.82) is 0 Å². The fourth-order valence-electron chi connectivity index (χ4n) is 3.34. The van der Waals surface area contributed by atoms with E-state index in [4.69, 9.17) is 9.16 Å². The molecule has 0 spiro atoms. The summed E-state index contributed by atoms with van der Waals surface area (Å²) in [5.74, 6) is -0.230. The molecule has 0 unspecified atom stereocenters. The zero-order valence-electron chi connectivity index (χ0n) is 19.9. The first-order valence-electron chi connectivity index (χ1n) is 11.2. The van der Waals surface area contributed by atoms with Crippen LogP contribution in [0.3, 0.4) is 0 Å². The van der Waals surface area contributed by atoms with Gasteiger partial charge in [0.25, 0.3) is 0 Å². The molecule has 1 aliphatic rings. The van der Waals surface area contributed by atoms with Gasteiger partial charge in [0.2, 0.25) is 0 Å². The molecule has 174 valence electrons. The van der Waals surface area contributed by atoms with Gasteiger partial charge in [-0.3, -0.25) is 0 Å². The summed E-state index contributed by atoms with van der Waals surface area (Å²) in [6.45, 7) is 13.5. The van der Waals surface area contributed by atoms with Crippen LogP contribution in [0.5, 0.6) is 0 Å². The summed E-state index contributed by atoms with van der Waals surface area (Å²) in [5.41, 5.74) is 2.11. The Morgan fingerprint density at radius 3 is 2.25 bits per heavy atom. The third kappa shape index (κ3) is 5.89. The van der Waals surface area contributed by atoms with Crippen LogP contribution in [0.2, 0.25) is 18.1 Å². The molecule has 1 saturated heterocycles. The predicted octanol–water partition coefficient (Wildman–Crippen LogP) is 5.81. The van der Waals surface area contributed by atoms with E-state index in [1.54, 1.807) is 17.0 Å². The van der Waals surface area contributed by atoms with Gasteiger partial charge in [0.1, 0.15) is 6.61 Å². The summed E-state index contributed by atoms with van der Waals surface area (Å²) in [7, 11) is -1.96. The first-order valence-corrected chi connectivity index (χ1v) is 14.1. The SMILES string of the molecule is CC(C)(C)[Si](C)(C)OCc1cccc(N2CCN(C(=O)OCc3ccccc3)CC2)c1F. The molecule has 3 rings (SSSR count). The van der Waals surface area contributed by atoms with Gasteiger partial charge in [0.15, 0.2) is 14.1 Å². The van der Waals surface area contributed by atoms with Crippen LogP contribution in [0.1, 0.15) is 31.9 Å². The van der Waals surface area contributed by atoms with Crippen LogP contribution in [-0.4, -0.2) is 45.5 Å². The van der Waals surface area contributed by atoms with Gasteiger partial charge >= 0.3 is 6.09 Å². The zero-order chi connectivity index (χ0) is 23.4. The summed E-state index contributed by atoms with van der Waals surface area (Å²) in [5, 5.41) is 0.0759. The molecule has 5 nitrogen and oxygen atoms in total. The number of halogens is 1. The van der Waals surface area contributed by atoms with Crippen molar-refractivity contribution in [2.24, 2.45) is 0 Å². The van der Waals surface area contributed by atoms with Crippen molar-refractivity contribution in [3.63, 3.8) is 0 Å². The van der Waals surface area contributed by atoms with Gasteiger partial charge in [-0.25, -0.2) is 9.18 Å². The molecule has 2 aromatic carbocycles. The van der Waals surface area contributed by atoms with Crippen LogP contribution in [0, 0.1) is 5.82 Å². The van der Waals surface area contributed by atoms with Gasteiger partial charge in [-0.1, -0.05) is 63.2 Å². The van der Waals surface area contributed by atoms with E-state index in [0.717, 1.165) is 5.56 Å². The largest absolute Gasteiger partial charge is 0.445 e. The topological polar surface area (TPSA) is 42.0 Å². The second-order valence-corrected chi connectivity index (χ2v) is 14.6. The third-order valence-electron chi connectivity index (χ3n) is 6.54. The standard InChI is InChI=1S/C25H35FN2O3Si/c1-25(2,3)32(4,5)31-19-21-12-9-13-22(23(21)26)27-14-16-28(17-15-27)24(29)30-18-20-10-7-6-8-11-20/h6-13H,14-19H2,1-5H3. The Morgan fingerprint density at radius 2 is 1.62 bits per heavy atom. The zero-order valence-corrected chi connectivity index (χ0v) is 20.9. The molecule has 32 heavy (non-hydrogen) atoms. The summed E-state index contributed by atoms with van der Waals surface area (Å²) >= 11 is 0. The average molecular weight is 459 g/mol. The van der Waals surface area contributed by atoms with Crippen molar-refractivity contribution in [2.75, 3.05) is 31.1 Å². The lowest BCUT2D eigenvalue weighted by Crippen LogP contribution is -2.49. The van der Waals surface area contributed by atoms with E-state index in [1.165, 1.54) is 0 Å². The lowest BCUT2D eigenvalue weighted by molar-refractivity contribution is 0.0941. The van der Waals surface area contributed by atoms with Crippen LogP contribution >= 0.6 is 0 Å². The van der Waals surface area contributed by atoms with Crippen LogP contribution in [0.15, 0.2) is 48.5 Å². The number of carbonyl (C=O) groups excluding carboxylic acids is 1. The number of hydrogen-bond donors (Lipinski definition) is 0. The van der Waals surface area contributed by atoms with Gasteiger partial charge in [-0.05, 0) is 29.8 Å². The average Bonchev–Trinajstić information content (AvgIpc) is 2.77. The Labute approximate surface area is 192 Å². The van der Waals surface area contributed by atoms with Crippen LogP contribution in [0.25, 0.3) is 0 Å². The molecule has 0 N–H and O–H groups in total. The maximum absolute atomic E-state index is 15.3. The Hall–Kier alpha value is -2.38. The van der Waals surface area contributed by atoms with E-state index in [-0.39, 0.29) is 30.2 Å². The van der Waals surface area contributed by atoms with E-state index >= 15 is 4.39 Å². The molecular formula is C25H35FN2O3Si. The minimum Gasteiger partial charge on any atom is -0.445 e. The van der Waals surface area contributed by atoms with Gasteiger partial charge in [-0.2, -0.15) is 0 Å². The fourth-order valence-corrected chi connectivity index (χ4v) is 4.29. The summed E-state index contributed by atoms with van der Waals surface area (Å²) in [4.78, 5) is 16.1. The molecular weight excluding hydrogens is 423 g/mol. The molecule has 0 aromatic heterocycles. The number of carbonyl (C=O) groups is 1. The quantitative estimate of drug-likeness (QED) is 0.513. The number of rotatable bonds is 6. The van der Waals surface area contributed by atoms with Crippen molar-refractivity contribution >= 4 is 20.1 Å². The normalized spacial score (nSPS) is 15.1. The number of amides is 1. The Morgan fingerprint density at radius 1 is 0.969 bits per heavy atom. The van der Waals surface area contributed by atoms with E-state index in [0.29, 0.717) is 37.4 Å². The number of anilines is 1. The number of ether oxygens (including phenoxy) is 1. The molecule has 0 atom stereocenters. The first kappa shape index (κ1) is 24.3. The molecule has 0 bridgehead atoms. The Bertz CT molecular complexity index is 907. The van der Waals surface area contributed by atoms with Crippen LogP contribution in [0.4, 0.5) is 14.9 Å². The smallest absolute Gasteiger partial charge is 0.410 e. The highest BCUT2D eigenvalue weighted by atomic mass is 28.4. The lowest BCUT2D eigenvalue weighted by Gasteiger charge is -2.37. The monoisotopic (exact) mass is 458 g/mol. The van der Waals surface area contributed by atoms with Crippen LogP contribution in [-0.2, 0) is 22.4 Å². The van der Waals surface area contributed by atoms with Crippen molar-refractivity contribution in [1.82, 2.24) is 4.90 Å². The molecule has 1 amide bonds. The third-order valence-corrected chi connectivity index (χ3v) is 11.0. The maximum atomic E-state index is 15.3. The van der Waals surface area contributed by atoms with Crippen molar-refractivity contribution in [3.05, 3.63) is 65.5 Å². The fraction of sp³-hybridized carbons (Fsp3) is 0.480. The van der Waals surface area contributed by atoms with Crippen LogP contribution < -0.4 is 4.90 Å². The van der Waals surface area contributed by atoms with Gasteiger partial charge in [0.05, 0.1) is 12.3 Å². The van der Waals surface area contributed by atoms with E-state index < -0.39 is 8.32 Å². The number of nitrogens with zero attached hydrogens (tertiary/aromatic N) is 2. The second kappa shape index (κ2) is 10.0. The summed E-state index contributed by atoms with van der Waals surface area (Å²) in [6, 6.07) is 15.1. The van der Waals surface area contributed by atoms with E-state index in [2.05, 4.69) is 33.9 Å². The highest BCUT2D eigenvalue weighted by Crippen LogP contribution is 2.37. The number of piperazine rings is 1. The molecule has 2 aromatic rings. The van der Waals surface area contributed by atoms with Gasteiger partial charge < -0.3 is 19.0 Å². The predicted molar refractivity (Wildman–Crippen MR) is 129 cm³/mol. The molecule has 0 saturated carbocycles. The highest BCUT2D eigenvalue weighted by molar-refractivity contribution is 6.74. The first-order chi connectivity index (χ1) is 15.1. The Balaban J connectivity index is 1.56. The molecule has 1 heterocycles. The lowest BCUT2D eigenvalue weighted by atomic mass is 10.1. The minimum atomic E-state index is -1.96. The molecule has 0 radical (unpaired) electrons. The molecule has 1 aliphatic heterocycles. The minimum absolute atomic E-state index is 0.0759. The highest BCUT2D eigenvalue weighted by Gasteiger charge is 2.37. The summed E-state index contributed by atoms with van der Waals surface area (Å²) < 4.78 is 26.9. The van der Waals surface area contributed by atoms with E-state index in [9.17, 15) is 4.79 Å². The van der Waals surface area contributed by atoms with Crippen molar-refractivity contribution in [2.45, 2.75) is 52.1 Å². The molecule has 7 heteroatoms. The van der Waals surface area contributed by atoms with Crippen molar-refractivity contribution < 1.29 is 18.3 Å². The second-order valence-electron chi connectivity index (χ2n) is 9.81. The van der Waals surface area contributed by atoms with Gasteiger partial charge in [0, 0.05) is 31.7 Å².